The lowest BCUT2D eigenvalue weighted by atomic mass is 10.2. The number of hydrogen-bond acceptors (Lipinski definition) is 2. The highest BCUT2D eigenvalue weighted by molar-refractivity contribution is 5.75. The van der Waals surface area contributed by atoms with Crippen LogP contribution in [0.4, 0.5) is 0 Å². The SMILES string of the molecule is NC(N)=NCCCNCc1ccccc1. The van der Waals surface area contributed by atoms with Gasteiger partial charge in [0.1, 0.15) is 0 Å². The molecule has 15 heavy (non-hydrogen) atoms. The number of nitrogens with zero attached hydrogens (tertiary/aromatic N) is 1. The molecule has 0 fully saturated rings. The largest absolute Gasteiger partial charge is 0.370 e. The second-order valence-corrected chi connectivity index (χ2v) is 3.32. The number of benzene rings is 1. The van der Waals surface area contributed by atoms with E-state index in [-0.39, 0.29) is 5.96 Å². The molecule has 0 aliphatic carbocycles. The fourth-order valence-electron chi connectivity index (χ4n) is 1.24. The number of guanidine groups is 1. The molecular formula is C11H18N4. The first-order valence-corrected chi connectivity index (χ1v) is 5.09. The molecule has 0 aliphatic rings. The third-order valence-corrected chi connectivity index (χ3v) is 1.98. The van der Waals surface area contributed by atoms with Crippen LogP contribution in [0.5, 0.6) is 0 Å². The van der Waals surface area contributed by atoms with Crippen LogP contribution in [0.25, 0.3) is 0 Å². The van der Waals surface area contributed by atoms with Crippen LogP contribution in [-0.4, -0.2) is 19.0 Å². The van der Waals surface area contributed by atoms with Crippen LogP contribution in [0.2, 0.25) is 0 Å². The predicted octanol–water partition coefficient (Wildman–Crippen LogP) is 0.440. The normalized spacial score (nSPS) is 9.87. The molecule has 0 bridgehead atoms. The second kappa shape index (κ2) is 6.84. The van der Waals surface area contributed by atoms with Gasteiger partial charge in [-0.1, -0.05) is 30.3 Å². The third-order valence-electron chi connectivity index (χ3n) is 1.98. The minimum Gasteiger partial charge on any atom is -0.370 e. The summed E-state index contributed by atoms with van der Waals surface area (Å²) in [6.45, 7) is 2.50. The number of nitrogens with two attached hydrogens (primary N) is 2. The lowest BCUT2D eigenvalue weighted by Crippen LogP contribution is -2.23. The molecule has 0 aromatic heterocycles. The quantitative estimate of drug-likeness (QED) is 0.359. The summed E-state index contributed by atoms with van der Waals surface area (Å²) in [5, 5.41) is 3.32. The van der Waals surface area contributed by atoms with Crippen LogP contribution in [0.3, 0.4) is 0 Å². The van der Waals surface area contributed by atoms with Crippen molar-refractivity contribution in [1.29, 1.82) is 0 Å². The molecule has 1 rings (SSSR count). The van der Waals surface area contributed by atoms with E-state index in [0.717, 1.165) is 19.5 Å². The highest BCUT2D eigenvalue weighted by Gasteiger charge is 1.90. The molecular weight excluding hydrogens is 188 g/mol. The summed E-state index contributed by atoms with van der Waals surface area (Å²) < 4.78 is 0. The van der Waals surface area contributed by atoms with E-state index in [9.17, 15) is 0 Å². The van der Waals surface area contributed by atoms with Gasteiger partial charge in [-0.25, -0.2) is 0 Å². The van der Waals surface area contributed by atoms with E-state index in [0.29, 0.717) is 6.54 Å². The van der Waals surface area contributed by atoms with Crippen molar-refractivity contribution in [3.8, 4) is 0 Å². The van der Waals surface area contributed by atoms with Gasteiger partial charge < -0.3 is 16.8 Å². The van der Waals surface area contributed by atoms with E-state index in [1.54, 1.807) is 0 Å². The minimum absolute atomic E-state index is 0.165. The zero-order valence-electron chi connectivity index (χ0n) is 8.82. The Morgan fingerprint density at radius 1 is 1.20 bits per heavy atom. The maximum absolute atomic E-state index is 5.21. The van der Waals surface area contributed by atoms with Gasteiger partial charge in [-0.15, -0.1) is 0 Å². The third kappa shape index (κ3) is 5.70. The standard InChI is InChI=1S/C11H18N4/c12-11(13)15-8-4-7-14-9-10-5-2-1-3-6-10/h1-3,5-6,14H,4,7-9H2,(H4,12,13,15). The first kappa shape index (κ1) is 11.5. The zero-order chi connectivity index (χ0) is 10.9. The number of hydrogen-bond donors (Lipinski definition) is 3. The molecule has 0 aliphatic heterocycles. The molecule has 0 radical (unpaired) electrons. The van der Waals surface area contributed by atoms with Gasteiger partial charge in [0.2, 0.25) is 0 Å². The summed E-state index contributed by atoms with van der Waals surface area (Å²) in [5.41, 5.74) is 11.7. The van der Waals surface area contributed by atoms with Gasteiger partial charge in [-0.2, -0.15) is 0 Å². The van der Waals surface area contributed by atoms with E-state index in [1.807, 2.05) is 18.2 Å². The van der Waals surface area contributed by atoms with Gasteiger partial charge >= 0.3 is 0 Å². The summed E-state index contributed by atoms with van der Waals surface area (Å²) in [7, 11) is 0. The van der Waals surface area contributed by atoms with Gasteiger partial charge in [0, 0.05) is 13.1 Å². The molecule has 1 aromatic carbocycles. The van der Waals surface area contributed by atoms with Crippen LogP contribution < -0.4 is 16.8 Å². The van der Waals surface area contributed by atoms with E-state index in [2.05, 4.69) is 22.4 Å². The number of rotatable bonds is 6. The molecule has 0 spiro atoms. The molecule has 0 amide bonds. The Morgan fingerprint density at radius 2 is 1.93 bits per heavy atom. The maximum atomic E-state index is 5.21. The molecule has 5 N–H and O–H groups in total. The van der Waals surface area contributed by atoms with Crippen molar-refractivity contribution >= 4 is 5.96 Å². The van der Waals surface area contributed by atoms with Crippen LogP contribution in [0.15, 0.2) is 35.3 Å². The Labute approximate surface area is 90.4 Å². The highest BCUT2D eigenvalue weighted by Crippen LogP contribution is 1.96. The second-order valence-electron chi connectivity index (χ2n) is 3.32. The predicted molar refractivity (Wildman–Crippen MR) is 63.4 cm³/mol. The fourth-order valence-corrected chi connectivity index (χ4v) is 1.24. The van der Waals surface area contributed by atoms with E-state index in [1.165, 1.54) is 5.56 Å². The van der Waals surface area contributed by atoms with Gasteiger partial charge in [0.05, 0.1) is 0 Å². The first-order valence-electron chi connectivity index (χ1n) is 5.09. The van der Waals surface area contributed by atoms with Gasteiger partial charge in [-0.05, 0) is 18.5 Å². The Kier molecular flexibility index (Phi) is 5.25. The van der Waals surface area contributed by atoms with Crippen molar-refractivity contribution in [2.75, 3.05) is 13.1 Å². The summed E-state index contributed by atoms with van der Waals surface area (Å²) >= 11 is 0. The molecule has 0 unspecified atom stereocenters. The van der Waals surface area contributed by atoms with E-state index in [4.69, 9.17) is 11.5 Å². The molecule has 0 heterocycles. The lowest BCUT2D eigenvalue weighted by molar-refractivity contribution is 0.655. The van der Waals surface area contributed by atoms with Crippen molar-refractivity contribution in [3.05, 3.63) is 35.9 Å². The Morgan fingerprint density at radius 3 is 2.60 bits per heavy atom. The van der Waals surface area contributed by atoms with Crippen LogP contribution in [0.1, 0.15) is 12.0 Å². The molecule has 82 valence electrons. The van der Waals surface area contributed by atoms with Gasteiger partial charge in [0.15, 0.2) is 5.96 Å². The van der Waals surface area contributed by atoms with E-state index >= 15 is 0 Å². The highest BCUT2D eigenvalue weighted by atomic mass is 15.0. The van der Waals surface area contributed by atoms with Crippen molar-refractivity contribution in [2.24, 2.45) is 16.5 Å². The molecule has 0 saturated carbocycles. The number of aliphatic imine (C=N–C) groups is 1. The van der Waals surface area contributed by atoms with Gasteiger partial charge in [0.25, 0.3) is 0 Å². The molecule has 0 atom stereocenters. The lowest BCUT2D eigenvalue weighted by Gasteiger charge is -2.03. The smallest absolute Gasteiger partial charge is 0.185 e. The van der Waals surface area contributed by atoms with E-state index < -0.39 is 0 Å². The first-order chi connectivity index (χ1) is 7.29. The Balaban J connectivity index is 2.05. The van der Waals surface area contributed by atoms with Crippen molar-refractivity contribution < 1.29 is 0 Å². The molecule has 1 aromatic rings. The monoisotopic (exact) mass is 206 g/mol. The summed E-state index contributed by atoms with van der Waals surface area (Å²) in [4.78, 5) is 3.90. The molecule has 0 saturated heterocycles. The summed E-state index contributed by atoms with van der Waals surface area (Å²) in [6.07, 6.45) is 0.949. The van der Waals surface area contributed by atoms with Crippen LogP contribution >= 0.6 is 0 Å². The maximum Gasteiger partial charge on any atom is 0.185 e. The summed E-state index contributed by atoms with van der Waals surface area (Å²) in [5.74, 6) is 0.165. The van der Waals surface area contributed by atoms with Crippen molar-refractivity contribution in [1.82, 2.24) is 5.32 Å². The van der Waals surface area contributed by atoms with Gasteiger partial charge in [-0.3, -0.25) is 4.99 Å². The topological polar surface area (TPSA) is 76.4 Å². The fraction of sp³-hybridized carbons (Fsp3) is 0.364. The average Bonchev–Trinajstić information content (AvgIpc) is 2.24. The number of nitrogens with one attached hydrogen (secondary N) is 1. The molecule has 4 nitrogen and oxygen atoms in total. The van der Waals surface area contributed by atoms with Crippen molar-refractivity contribution in [2.45, 2.75) is 13.0 Å². The average molecular weight is 206 g/mol. The summed E-state index contributed by atoms with van der Waals surface area (Å²) in [6, 6.07) is 10.3. The Bertz CT molecular complexity index is 291. The zero-order valence-corrected chi connectivity index (χ0v) is 8.82. The Hall–Kier alpha value is -1.55. The molecule has 4 heteroatoms. The van der Waals surface area contributed by atoms with Crippen LogP contribution in [0, 0.1) is 0 Å². The van der Waals surface area contributed by atoms with Crippen LogP contribution in [-0.2, 0) is 6.54 Å². The minimum atomic E-state index is 0.165. The van der Waals surface area contributed by atoms with Crippen molar-refractivity contribution in [3.63, 3.8) is 0 Å².